The number of Topliss-reactive ketones (excluding diaryl/α,β-unsaturated/α-hetero) is 1. The number of benzene rings is 1. The van der Waals surface area contributed by atoms with Gasteiger partial charge in [-0.25, -0.2) is 0 Å². The zero-order chi connectivity index (χ0) is 10.8. The summed E-state index contributed by atoms with van der Waals surface area (Å²) in [7, 11) is 0. The maximum atomic E-state index is 11.6. The van der Waals surface area contributed by atoms with Crippen molar-refractivity contribution in [2.45, 2.75) is 20.3 Å². The minimum Gasteiger partial charge on any atom is -0.464 e. The van der Waals surface area contributed by atoms with Gasteiger partial charge in [0, 0.05) is 17.7 Å². The summed E-state index contributed by atoms with van der Waals surface area (Å²) in [6.45, 7) is 3.86. The summed E-state index contributed by atoms with van der Waals surface area (Å²) in [6.07, 6.45) is 2.16. The molecule has 0 aliphatic heterocycles. The Morgan fingerprint density at radius 1 is 1.33 bits per heavy atom. The fraction of sp³-hybridized carbons (Fsp3) is 0.308. The Morgan fingerprint density at radius 3 is 2.87 bits per heavy atom. The van der Waals surface area contributed by atoms with E-state index in [-0.39, 0.29) is 11.7 Å². The first-order chi connectivity index (χ1) is 7.18. The predicted molar refractivity (Wildman–Crippen MR) is 59.8 cm³/mol. The molecule has 0 saturated carbocycles. The molecule has 15 heavy (non-hydrogen) atoms. The van der Waals surface area contributed by atoms with Crippen molar-refractivity contribution in [1.82, 2.24) is 0 Å². The van der Waals surface area contributed by atoms with Crippen LogP contribution >= 0.6 is 0 Å². The van der Waals surface area contributed by atoms with Gasteiger partial charge in [-0.3, -0.25) is 4.79 Å². The Bertz CT molecular complexity index is 480. The number of ketones is 1. The van der Waals surface area contributed by atoms with E-state index in [1.807, 2.05) is 38.1 Å². The van der Waals surface area contributed by atoms with Gasteiger partial charge in [0.15, 0.2) is 0 Å². The normalized spacial score (nSPS) is 11.1. The molecule has 2 rings (SSSR count). The van der Waals surface area contributed by atoms with E-state index in [0.717, 1.165) is 16.5 Å². The quantitative estimate of drug-likeness (QED) is 0.765. The van der Waals surface area contributed by atoms with E-state index < -0.39 is 0 Å². The zero-order valence-electron chi connectivity index (χ0n) is 8.99. The molecule has 0 unspecified atom stereocenters. The van der Waals surface area contributed by atoms with Crippen LogP contribution in [0.2, 0.25) is 0 Å². The number of carbonyl (C=O) groups is 1. The van der Waals surface area contributed by atoms with Gasteiger partial charge in [-0.1, -0.05) is 26.0 Å². The average molecular weight is 202 g/mol. The van der Waals surface area contributed by atoms with E-state index in [2.05, 4.69) is 0 Å². The van der Waals surface area contributed by atoms with Gasteiger partial charge in [-0.2, -0.15) is 0 Å². The number of hydrogen-bond donors (Lipinski definition) is 0. The van der Waals surface area contributed by atoms with E-state index in [9.17, 15) is 4.79 Å². The summed E-state index contributed by atoms with van der Waals surface area (Å²) in [5.41, 5.74) is 1.91. The molecule has 0 atom stereocenters. The molecule has 0 radical (unpaired) electrons. The summed E-state index contributed by atoms with van der Waals surface area (Å²) < 4.78 is 5.29. The van der Waals surface area contributed by atoms with Crippen molar-refractivity contribution in [3.63, 3.8) is 0 Å². The van der Waals surface area contributed by atoms with Crippen LogP contribution in [0, 0.1) is 5.92 Å². The molecule has 2 heteroatoms. The molecule has 0 spiro atoms. The lowest BCUT2D eigenvalue weighted by Gasteiger charge is -2.04. The van der Waals surface area contributed by atoms with Crippen LogP contribution in [0.5, 0.6) is 0 Å². The van der Waals surface area contributed by atoms with Gasteiger partial charge in [0.2, 0.25) is 0 Å². The lowest BCUT2D eigenvalue weighted by molar-refractivity contribution is -0.121. The largest absolute Gasteiger partial charge is 0.464 e. The van der Waals surface area contributed by atoms with Crippen LogP contribution in [-0.4, -0.2) is 5.78 Å². The van der Waals surface area contributed by atoms with E-state index in [4.69, 9.17) is 4.42 Å². The first-order valence-electron chi connectivity index (χ1n) is 5.16. The molecule has 0 bridgehead atoms. The van der Waals surface area contributed by atoms with E-state index in [1.54, 1.807) is 6.26 Å². The van der Waals surface area contributed by atoms with Gasteiger partial charge in [0.25, 0.3) is 0 Å². The minimum atomic E-state index is 0.0900. The van der Waals surface area contributed by atoms with Crippen molar-refractivity contribution < 1.29 is 9.21 Å². The van der Waals surface area contributed by atoms with E-state index >= 15 is 0 Å². The highest BCUT2D eigenvalue weighted by atomic mass is 16.3. The van der Waals surface area contributed by atoms with Gasteiger partial charge in [0.1, 0.15) is 11.4 Å². The van der Waals surface area contributed by atoms with Crippen molar-refractivity contribution in [2.75, 3.05) is 0 Å². The van der Waals surface area contributed by atoms with Crippen molar-refractivity contribution in [3.05, 3.63) is 36.1 Å². The molecule has 78 valence electrons. The zero-order valence-corrected chi connectivity index (χ0v) is 8.99. The summed E-state index contributed by atoms with van der Waals surface area (Å²) in [6, 6.07) is 7.74. The van der Waals surface area contributed by atoms with Crippen LogP contribution in [0.15, 0.2) is 34.9 Å². The highest BCUT2D eigenvalue weighted by molar-refractivity contribution is 5.89. The highest BCUT2D eigenvalue weighted by Crippen LogP contribution is 2.21. The topological polar surface area (TPSA) is 30.2 Å². The molecular weight excluding hydrogens is 188 g/mol. The average Bonchev–Trinajstić information content (AvgIpc) is 2.66. The second-order valence-electron chi connectivity index (χ2n) is 4.05. The van der Waals surface area contributed by atoms with Gasteiger partial charge in [0.05, 0.1) is 6.26 Å². The molecule has 0 N–H and O–H groups in total. The molecular formula is C13H14O2. The van der Waals surface area contributed by atoms with Crippen molar-refractivity contribution in [2.24, 2.45) is 5.92 Å². The Hall–Kier alpha value is -1.57. The standard InChI is InChI=1S/C13H14O2/c1-9(2)12(14)8-10-4-3-5-13-11(10)6-7-15-13/h3-7,9H,8H2,1-2H3. The third-order valence-corrected chi connectivity index (χ3v) is 2.59. The maximum Gasteiger partial charge on any atom is 0.139 e. The molecule has 1 heterocycles. The molecule has 0 amide bonds. The molecule has 2 nitrogen and oxygen atoms in total. The first kappa shape index (κ1) is 9.97. The number of carbonyl (C=O) groups excluding carboxylic acids is 1. The Labute approximate surface area is 88.9 Å². The lowest BCUT2D eigenvalue weighted by Crippen LogP contribution is -2.10. The molecule has 0 aliphatic rings. The summed E-state index contributed by atoms with van der Waals surface area (Å²) in [5, 5.41) is 1.05. The van der Waals surface area contributed by atoms with Gasteiger partial charge >= 0.3 is 0 Å². The van der Waals surface area contributed by atoms with Gasteiger partial charge in [-0.15, -0.1) is 0 Å². The van der Waals surface area contributed by atoms with Crippen LogP contribution in [0.3, 0.4) is 0 Å². The SMILES string of the molecule is CC(C)C(=O)Cc1cccc2occc12. The molecule has 2 aromatic rings. The fourth-order valence-corrected chi connectivity index (χ4v) is 1.60. The van der Waals surface area contributed by atoms with Crippen molar-refractivity contribution in [1.29, 1.82) is 0 Å². The monoisotopic (exact) mass is 202 g/mol. The summed E-state index contributed by atoms with van der Waals surface area (Å²) >= 11 is 0. The minimum absolute atomic E-state index is 0.0900. The Balaban J connectivity index is 2.35. The van der Waals surface area contributed by atoms with Gasteiger partial charge in [-0.05, 0) is 17.7 Å². The lowest BCUT2D eigenvalue weighted by atomic mass is 9.99. The van der Waals surface area contributed by atoms with Crippen LogP contribution < -0.4 is 0 Å². The number of fused-ring (bicyclic) bond motifs is 1. The Kier molecular flexibility index (Phi) is 2.58. The van der Waals surface area contributed by atoms with Crippen LogP contribution in [0.4, 0.5) is 0 Å². The number of rotatable bonds is 3. The summed E-state index contributed by atoms with van der Waals surface area (Å²) in [5.74, 6) is 0.357. The first-order valence-corrected chi connectivity index (χ1v) is 5.16. The third-order valence-electron chi connectivity index (χ3n) is 2.59. The van der Waals surface area contributed by atoms with Crippen molar-refractivity contribution >= 4 is 16.8 Å². The third kappa shape index (κ3) is 1.94. The van der Waals surface area contributed by atoms with Gasteiger partial charge < -0.3 is 4.42 Å². The molecule has 0 aliphatic carbocycles. The summed E-state index contributed by atoms with van der Waals surface area (Å²) in [4.78, 5) is 11.6. The highest BCUT2D eigenvalue weighted by Gasteiger charge is 2.11. The second kappa shape index (κ2) is 3.89. The smallest absolute Gasteiger partial charge is 0.139 e. The Morgan fingerprint density at radius 2 is 2.13 bits per heavy atom. The predicted octanol–water partition coefficient (Wildman–Crippen LogP) is 3.20. The van der Waals surface area contributed by atoms with Crippen molar-refractivity contribution in [3.8, 4) is 0 Å². The van der Waals surface area contributed by atoms with Crippen LogP contribution in [-0.2, 0) is 11.2 Å². The number of furan rings is 1. The molecule has 1 aromatic heterocycles. The maximum absolute atomic E-state index is 11.6. The fourth-order valence-electron chi connectivity index (χ4n) is 1.60. The molecule has 1 aromatic carbocycles. The van der Waals surface area contributed by atoms with Crippen LogP contribution in [0.25, 0.3) is 11.0 Å². The second-order valence-corrected chi connectivity index (χ2v) is 4.05. The molecule has 0 saturated heterocycles. The van der Waals surface area contributed by atoms with E-state index in [0.29, 0.717) is 6.42 Å². The van der Waals surface area contributed by atoms with Crippen LogP contribution in [0.1, 0.15) is 19.4 Å². The number of hydrogen-bond acceptors (Lipinski definition) is 2. The molecule has 0 fully saturated rings. The van der Waals surface area contributed by atoms with E-state index in [1.165, 1.54) is 0 Å².